The Morgan fingerprint density at radius 3 is 2.46 bits per heavy atom. The summed E-state index contributed by atoms with van der Waals surface area (Å²) in [6, 6.07) is 5.85. The van der Waals surface area contributed by atoms with Crippen LogP contribution in [-0.4, -0.2) is 73.0 Å². The van der Waals surface area contributed by atoms with E-state index in [0.29, 0.717) is 13.1 Å². The second kappa shape index (κ2) is 8.03. The van der Waals surface area contributed by atoms with E-state index in [1.165, 1.54) is 12.1 Å². The van der Waals surface area contributed by atoms with E-state index >= 15 is 0 Å². The number of hydrogen-bond donors (Lipinski definition) is 1. The van der Waals surface area contributed by atoms with Crippen molar-refractivity contribution in [2.24, 2.45) is 0 Å². The Morgan fingerprint density at radius 1 is 1.15 bits per heavy atom. The Morgan fingerprint density at radius 2 is 1.81 bits per heavy atom. The number of benzene rings is 1. The normalized spacial score (nSPS) is 23.3. The minimum Gasteiger partial charge on any atom is -0.369 e. The lowest BCUT2D eigenvalue weighted by Gasteiger charge is -2.40. The van der Waals surface area contributed by atoms with Gasteiger partial charge < -0.3 is 15.1 Å². The molecule has 26 heavy (non-hydrogen) atoms. The number of nitrogens with one attached hydrogen (secondary N) is 1. The monoisotopic (exact) mass is 362 g/mol. The molecular formula is C19H27FN4O2. The van der Waals surface area contributed by atoms with Crippen LogP contribution in [0.4, 0.5) is 10.1 Å². The quantitative estimate of drug-likeness (QED) is 0.874. The highest BCUT2D eigenvalue weighted by molar-refractivity contribution is 5.89. The molecule has 2 heterocycles. The van der Waals surface area contributed by atoms with Crippen LogP contribution < -0.4 is 10.2 Å². The van der Waals surface area contributed by atoms with Gasteiger partial charge in [0.2, 0.25) is 11.8 Å². The van der Waals surface area contributed by atoms with Crippen molar-refractivity contribution in [3.63, 3.8) is 0 Å². The molecule has 3 rings (SSSR count). The first kappa shape index (κ1) is 18.6. The van der Waals surface area contributed by atoms with Crippen LogP contribution in [0.15, 0.2) is 24.3 Å². The number of anilines is 1. The number of carbonyl (C=O) groups is 2. The lowest BCUT2D eigenvalue weighted by molar-refractivity contribution is -0.142. The number of hydrogen-bond acceptors (Lipinski definition) is 4. The summed E-state index contributed by atoms with van der Waals surface area (Å²) in [5, 5.41) is 2.85. The predicted octanol–water partition coefficient (Wildman–Crippen LogP) is 1.07. The highest BCUT2D eigenvalue weighted by Gasteiger charge is 2.33. The van der Waals surface area contributed by atoms with Gasteiger partial charge in [0.05, 0.1) is 6.04 Å². The van der Waals surface area contributed by atoms with Crippen molar-refractivity contribution >= 4 is 17.5 Å². The molecule has 1 aromatic carbocycles. The van der Waals surface area contributed by atoms with Gasteiger partial charge in [0, 0.05) is 45.0 Å². The lowest BCUT2D eigenvalue weighted by atomic mass is 10.1. The molecule has 0 radical (unpaired) electrons. The van der Waals surface area contributed by atoms with Crippen molar-refractivity contribution in [2.45, 2.75) is 32.4 Å². The van der Waals surface area contributed by atoms with E-state index in [2.05, 4.69) is 15.1 Å². The van der Waals surface area contributed by atoms with Gasteiger partial charge in [-0.25, -0.2) is 4.39 Å². The third-order valence-corrected chi connectivity index (χ3v) is 5.42. The van der Waals surface area contributed by atoms with Gasteiger partial charge in [-0.05, 0) is 44.5 Å². The van der Waals surface area contributed by atoms with Crippen molar-refractivity contribution in [3.05, 3.63) is 30.1 Å². The summed E-state index contributed by atoms with van der Waals surface area (Å²) in [6.45, 7) is 8.05. The van der Waals surface area contributed by atoms with Crippen LogP contribution in [0.3, 0.4) is 0 Å². The molecule has 142 valence electrons. The Labute approximate surface area is 153 Å². The zero-order chi connectivity index (χ0) is 18.7. The van der Waals surface area contributed by atoms with Crippen LogP contribution in [0.25, 0.3) is 0 Å². The number of carbonyl (C=O) groups excluding carboxylic acids is 2. The summed E-state index contributed by atoms with van der Waals surface area (Å²) >= 11 is 0. The molecular weight excluding hydrogens is 335 g/mol. The number of nitrogens with zero attached hydrogens (tertiary/aromatic N) is 3. The summed E-state index contributed by atoms with van der Waals surface area (Å²) < 4.78 is 13.1. The first-order valence-corrected chi connectivity index (χ1v) is 9.30. The van der Waals surface area contributed by atoms with Crippen molar-refractivity contribution in [1.82, 2.24) is 15.1 Å². The van der Waals surface area contributed by atoms with E-state index in [1.54, 1.807) is 24.0 Å². The standard InChI is InChI=1S/C19H27FN4O2/c1-14-18(25)21-8-3-9-24(14)19(26)15(2)22-10-12-23(13-11-22)17-6-4-16(20)5-7-17/h4-7,14-15H,3,8-13H2,1-2H3,(H,21,25)/t14-,15-/m0/s1. The lowest BCUT2D eigenvalue weighted by Crippen LogP contribution is -2.57. The zero-order valence-electron chi connectivity index (χ0n) is 15.4. The topological polar surface area (TPSA) is 55.9 Å². The van der Waals surface area contributed by atoms with Gasteiger partial charge in [-0.2, -0.15) is 0 Å². The van der Waals surface area contributed by atoms with Crippen LogP contribution in [0.1, 0.15) is 20.3 Å². The molecule has 2 aliphatic rings. The van der Waals surface area contributed by atoms with E-state index in [-0.39, 0.29) is 23.7 Å². The summed E-state index contributed by atoms with van der Waals surface area (Å²) in [7, 11) is 0. The zero-order valence-corrected chi connectivity index (χ0v) is 15.4. The first-order chi connectivity index (χ1) is 12.5. The van der Waals surface area contributed by atoms with Crippen LogP contribution in [0.5, 0.6) is 0 Å². The number of halogens is 1. The third-order valence-electron chi connectivity index (χ3n) is 5.42. The van der Waals surface area contributed by atoms with Gasteiger partial charge in [-0.15, -0.1) is 0 Å². The van der Waals surface area contributed by atoms with Crippen LogP contribution in [0.2, 0.25) is 0 Å². The summed E-state index contributed by atoms with van der Waals surface area (Å²) in [5.74, 6) is -0.295. The van der Waals surface area contributed by atoms with Gasteiger partial charge in [0.1, 0.15) is 11.9 Å². The molecule has 0 bridgehead atoms. The van der Waals surface area contributed by atoms with Crippen LogP contribution >= 0.6 is 0 Å². The van der Waals surface area contributed by atoms with E-state index in [9.17, 15) is 14.0 Å². The molecule has 1 N–H and O–H groups in total. The van der Waals surface area contributed by atoms with E-state index < -0.39 is 6.04 Å². The molecule has 0 saturated carbocycles. The maximum absolute atomic E-state index is 13.1. The number of piperazine rings is 1. The molecule has 2 saturated heterocycles. The van der Waals surface area contributed by atoms with Crippen LogP contribution in [-0.2, 0) is 9.59 Å². The maximum Gasteiger partial charge on any atom is 0.242 e. The highest BCUT2D eigenvalue weighted by Crippen LogP contribution is 2.19. The van der Waals surface area contributed by atoms with Gasteiger partial charge >= 0.3 is 0 Å². The molecule has 2 atom stereocenters. The number of rotatable bonds is 3. The highest BCUT2D eigenvalue weighted by atomic mass is 19.1. The second-order valence-corrected chi connectivity index (χ2v) is 7.03. The molecule has 6 nitrogen and oxygen atoms in total. The van der Waals surface area contributed by atoms with Gasteiger partial charge in [-0.1, -0.05) is 0 Å². The molecule has 2 aliphatic heterocycles. The molecule has 7 heteroatoms. The Hall–Kier alpha value is -2.15. The fraction of sp³-hybridized carbons (Fsp3) is 0.579. The van der Waals surface area contributed by atoms with Gasteiger partial charge in [0.15, 0.2) is 0 Å². The van der Waals surface area contributed by atoms with Crippen molar-refractivity contribution in [2.75, 3.05) is 44.2 Å². The van der Waals surface area contributed by atoms with E-state index in [1.807, 2.05) is 6.92 Å². The molecule has 1 aromatic rings. The SMILES string of the molecule is C[C@@H](C(=O)N1CCCNC(=O)[C@@H]1C)N1CCN(c2ccc(F)cc2)CC1. The first-order valence-electron chi connectivity index (χ1n) is 9.30. The predicted molar refractivity (Wildman–Crippen MR) is 98.4 cm³/mol. The molecule has 0 aromatic heterocycles. The minimum atomic E-state index is -0.423. The van der Waals surface area contributed by atoms with Crippen LogP contribution in [0, 0.1) is 5.82 Å². The summed E-state index contributed by atoms with van der Waals surface area (Å²) in [5.41, 5.74) is 1.00. The Bertz CT molecular complexity index is 643. The summed E-state index contributed by atoms with van der Waals surface area (Å²) in [6.07, 6.45) is 0.785. The third kappa shape index (κ3) is 3.98. The Balaban J connectivity index is 1.58. The summed E-state index contributed by atoms with van der Waals surface area (Å²) in [4.78, 5) is 31.0. The second-order valence-electron chi connectivity index (χ2n) is 7.03. The Kier molecular flexibility index (Phi) is 5.76. The average molecular weight is 362 g/mol. The van der Waals surface area contributed by atoms with E-state index in [4.69, 9.17) is 0 Å². The molecule has 0 spiro atoms. The smallest absolute Gasteiger partial charge is 0.242 e. The maximum atomic E-state index is 13.1. The minimum absolute atomic E-state index is 0.0183. The number of amides is 2. The molecule has 2 amide bonds. The fourth-order valence-corrected chi connectivity index (χ4v) is 3.66. The molecule has 0 unspecified atom stereocenters. The molecule has 0 aliphatic carbocycles. The van der Waals surface area contributed by atoms with Crippen molar-refractivity contribution < 1.29 is 14.0 Å². The van der Waals surface area contributed by atoms with Crippen molar-refractivity contribution in [1.29, 1.82) is 0 Å². The molecule has 2 fully saturated rings. The average Bonchev–Trinajstić information content (AvgIpc) is 2.83. The van der Waals surface area contributed by atoms with Gasteiger partial charge in [0.25, 0.3) is 0 Å². The van der Waals surface area contributed by atoms with E-state index in [0.717, 1.165) is 38.3 Å². The van der Waals surface area contributed by atoms with Crippen molar-refractivity contribution in [3.8, 4) is 0 Å². The fourth-order valence-electron chi connectivity index (χ4n) is 3.66. The van der Waals surface area contributed by atoms with Gasteiger partial charge in [-0.3, -0.25) is 14.5 Å². The largest absolute Gasteiger partial charge is 0.369 e.